The number of fused-ring (bicyclic) bond motifs is 1. The van der Waals surface area contributed by atoms with Crippen molar-refractivity contribution in [2.24, 2.45) is 5.92 Å². The molecule has 3 aromatic rings. The first kappa shape index (κ1) is 24.3. The predicted octanol–water partition coefficient (Wildman–Crippen LogP) is 6.06. The second-order valence-corrected chi connectivity index (χ2v) is 7.83. The summed E-state index contributed by atoms with van der Waals surface area (Å²) in [5.74, 6) is -3.92. The molecule has 2 aromatic carbocycles. The highest BCUT2D eigenvalue weighted by atomic mass is 19.4. The van der Waals surface area contributed by atoms with Gasteiger partial charge in [-0.2, -0.15) is 26.3 Å². The van der Waals surface area contributed by atoms with Crippen LogP contribution in [0.5, 0.6) is 5.75 Å². The molecular formula is C21H18F6N2O4. The molecule has 0 aliphatic heterocycles. The zero-order valence-electron chi connectivity index (χ0n) is 17.3. The van der Waals surface area contributed by atoms with Gasteiger partial charge in [-0.05, 0) is 58.0 Å². The largest absolute Gasteiger partial charge is 0.483 e. The lowest BCUT2D eigenvalue weighted by atomic mass is 9.86. The maximum atomic E-state index is 13.9. The second kappa shape index (κ2) is 8.91. The number of aliphatic carboxylic acids is 1. The molecule has 0 saturated heterocycles. The molecule has 0 radical (unpaired) electrons. The molecule has 0 fully saturated rings. The Bertz CT molecular complexity index is 1150. The third-order valence-corrected chi connectivity index (χ3v) is 4.77. The number of carboxylic acids is 1. The molecular weight excluding hydrogens is 458 g/mol. The standard InChI is InChI=1S/C21H18F6N2O4/c1-10(2)5-14(19(30)31)12-6-13(11-3-4-16-17(8-11)29-33-28-16)18(32-9-20(22,23)24)15(7-12)21(25,26)27/h3-4,6-8,10,14H,5,9H2,1-2H3,(H,30,31)/t14-/m1/s1. The second-order valence-electron chi connectivity index (χ2n) is 7.83. The van der Waals surface area contributed by atoms with Crippen LogP contribution in [0.2, 0.25) is 0 Å². The Labute approximate surface area is 183 Å². The third-order valence-electron chi connectivity index (χ3n) is 4.77. The van der Waals surface area contributed by atoms with Crippen LogP contribution in [0.1, 0.15) is 37.3 Å². The van der Waals surface area contributed by atoms with Gasteiger partial charge in [0.2, 0.25) is 0 Å². The van der Waals surface area contributed by atoms with E-state index in [2.05, 4.69) is 19.7 Å². The van der Waals surface area contributed by atoms with Gasteiger partial charge in [0.25, 0.3) is 0 Å². The fourth-order valence-corrected chi connectivity index (χ4v) is 3.39. The molecule has 12 heteroatoms. The molecule has 33 heavy (non-hydrogen) atoms. The summed E-state index contributed by atoms with van der Waals surface area (Å²) in [6, 6.07) is 5.58. The lowest BCUT2D eigenvalue weighted by Crippen LogP contribution is -2.22. The quantitative estimate of drug-likeness (QED) is 0.417. The zero-order chi connectivity index (χ0) is 24.6. The van der Waals surface area contributed by atoms with E-state index < -0.39 is 42.2 Å². The molecule has 0 spiro atoms. The van der Waals surface area contributed by atoms with Crippen molar-refractivity contribution in [1.29, 1.82) is 0 Å². The van der Waals surface area contributed by atoms with Crippen molar-refractivity contribution in [3.05, 3.63) is 41.5 Å². The number of hydrogen-bond acceptors (Lipinski definition) is 5. The molecule has 1 N–H and O–H groups in total. The van der Waals surface area contributed by atoms with Crippen LogP contribution >= 0.6 is 0 Å². The molecule has 0 unspecified atom stereocenters. The number of alkyl halides is 6. The number of carboxylic acid groups (broad SMARTS) is 1. The highest BCUT2D eigenvalue weighted by Crippen LogP contribution is 2.45. The normalized spacial score (nSPS) is 13.5. The summed E-state index contributed by atoms with van der Waals surface area (Å²) in [6.07, 6.45) is -10.0. The summed E-state index contributed by atoms with van der Waals surface area (Å²) in [7, 11) is 0. The topological polar surface area (TPSA) is 85.5 Å². The van der Waals surface area contributed by atoms with Crippen LogP contribution in [-0.4, -0.2) is 34.2 Å². The minimum Gasteiger partial charge on any atom is -0.483 e. The summed E-state index contributed by atoms with van der Waals surface area (Å²) in [5.41, 5.74) is -1.64. The van der Waals surface area contributed by atoms with E-state index in [0.717, 1.165) is 6.07 Å². The molecule has 1 atom stereocenters. The van der Waals surface area contributed by atoms with Crippen LogP contribution in [0.3, 0.4) is 0 Å². The van der Waals surface area contributed by atoms with Gasteiger partial charge >= 0.3 is 18.3 Å². The molecule has 0 amide bonds. The average Bonchev–Trinajstić information content (AvgIpc) is 3.16. The Morgan fingerprint density at radius 3 is 2.30 bits per heavy atom. The monoisotopic (exact) mass is 476 g/mol. The van der Waals surface area contributed by atoms with E-state index in [-0.39, 0.29) is 40.1 Å². The fourth-order valence-electron chi connectivity index (χ4n) is 3.39. The van der Waals surface area contributed by atoms with E-state index in [1.165, 1.54) is 18.2 Å². The first-order valence-corrected chi connectivity index (χ1v) is 9.66. The van der Waals surface area contributed by atoms with E-state index in [1.54, 1.807) is 13.8 Å². The van der Waals surface area contributed by atoms with Gasteiger partial charge in [-0.15, -0.1) is 0 Å². The van der Waals surface area contributed by atoms with Gasteiger partial charge in [0.15, 0.2) is 6.61 Å². The van der Waals surface area contributed by atoms with Gasteiger partial charge in [-0.25, -0.2) is 4.63 Å². The highest BCUT2D eigenvalue weighted by Gasteiger charge is 2.39. The maximum absolute atomic E-state index is 13.9. The molecule has 3 rings (SSSR count). The van der Waals surface area contributed by atoms with Crippen molar-refractivity contribution in [3.8, 4) is 16.9 Å². The number of nitrogens with zero attached hydrogens (tertiary/aromatic N) is 2. The summed E-state index contributed by atoms with van der Waals surface area (Å²) in [4.78, 5) is 11.8. The summed E-state index contributed by atoms with van der Waals surface area (Å²) < 4.78 is 89.4. The van der Waals surface area contributed by atoms with Crippen LogP contribution in [-0.2, 0) is 11.0 Å². The SMILES string of the molecule is CC(C)C[C@@H](C(=O)O)c1cc(-c2ccc3nonc3c2)c(OCC(F)(F)F)c(C(F)(F)F)c1. The first-order chi connectivity index (χ1) is 15.3. The molecule has 1 aromatic heterocycles. The molecule has 0 bridgehead atoms. The van der Waals surface area contributed by atoms with Crippen LogP contribution in [0.15, 0.2) is 35.0 Å². The van der Waals surface area contributed by atoms with Crippen molar-refractivity contribution in [3.63, 3.8) is 0 Å². The van der Waals surface area contributed by atoms with Crippen LogP contribution in [0, 0.1) is 5.92 Å². The number of aromatic nitrogens is 2. The zero-order valence-corrected chi connectivity index (χ0v) is 17.3. The Kier molecular flexibility index (Phi) is 6.57. The smallest absolute Gasteiger partial charge is 0.422 e. The van der Waals surface area contributed by atoms with Crippen molar-refractivity contribution >= 4 is 17.0 Å². The lowest BCUT2D eigenvalue weighted by molar-refractivity contribution is -0.158. The fraction of sp³-hybridized carbons (Fsp3) is 0.381. The number of ether oxygens (including phenoxy) is 1. The highest BCUT2D eigenvalue weighted by molar-refractivity contribution is 5.85. The van der Waals surface area contributed by atoms with Crippen LogP contribution in [0.4, 0.5) is 26.3 Å². The van der Waals surface area contributed by atoms with Crippen LogP contribution in [0.25, 0.3) is 22.2 Å². The molecule has 0 aliphatic rings. The third kappa shape index (κ3) is 5.74. The van der Waals surface area contributed by atoms with Gasteiger partial charge in [0.05, 0.1) is 11.5 Å². The van der Waals surface area contributed by atoms with Crippen molar-refractivity contribution in [2.45, 2.75) is 38.5 Å². The molecule has 0 saturated carbocycles. The number of halogens is 6. The van der Waals surface area contributed by atoms with Gasteiger partial charge in [0.1, 0.15) is 16.8 Å². The van der Waals surface area contributed by atoms with E-state index in [9.17, 15) is 36.2 Å². The van der Waals surface area contributed by atoms with E-state index in [1.807, 2.05) is 0 Å². The minimum absolute atomic E-state index is 0.0149. The predicted molar refractivity (Wildman–Crippen MR) is 104 cm³/mol. The average molecular weight is 476 g/mol. The molecule has 0 aliphatic carbocycles. The summed E-state index contributed by atoms with van der Waals surface area (Å²) in [5, 5.41) is 16.8. The Balaban J connectivity index is 2.30. The Hall–Kier alpha value is -3.31. The van der Waals surface area contributed by atoms with Crippen molar-refractivity contribution in [1.82, 2.24) is 10.3 Å². The number of benzene rings is 2. The number of rotatable bonds is 7. The van der Waals surface area contributed by atoms with Crippen molar-refractivity contribution < 1.29 is 45.6 Å². The minimum atomic E-state index is -5.12. The number of hydrogen-bond donors (Lipinski definition) is 1. The first-order valence-electron chi connectivity index (χ1n) is 9.66. The lowest BCUT2D eigenvalue weighted by Gasteiger charge is -2.23. The van der Waals surface area contributed by atoms with Gasteiger partial charge in [-0.3, -0.25) is 4.79 Å². The van der Waals surface area contributed by atoms with E-state index in [4.69, 9.17) is 0 Å². The molecule has 1 heterocycles. The van der Waals surface area contributed by atoms with E-state index in [0.29, 0.717) is 6.07 Å². The Morgan fingerprint density at radius 2 is 1.73 bits per heavy atom. The van der Waals surface area contributed by atoms with Crippen molar-refractivity contribution in [2.75, 3.05) is 6.61 Å². The summed E-state index contributed by atoms with van der Waals surface area (Å²) >= 11 is 0. The van der Waals surface area contributed by atoms with Gasteiger partial charge in [-0.1, -0.05) is 19.9 Å². The summed E-state index contributed by atoms with van der Waals surface area (Å²) in [6.45, 7) is 1.44. The Morgan fingerprint density at radius 1 is 1.06 bits per heavy atom. The molecule has 178 valence electrons. The van der Waals surface area contributed by atoms with Gasteiger partial charge < -0.3 is 9.84 Å². The van der Waals surface area contributed by atoms with Crippen LogP contribution < -0.4 is 4.74 Å². The maximum Gasteiger partial charge on any atom is 0.422 e. The number of carbonyl (C=O) groups is 1. The van der Waals surface area contributed by atoms with E-state index >= 15 is 0 Å². The molecule has 6 nitrogen and oxygen atoms in total. The van der Waals surface area contributed by atoms with Gasteiger partial charge in [0, 0.05) is 5.56 Å².